The molecule has 0 aromatic carbocycles. The first-order valence-electron chi connectivity index (χ1n) is 5.99. The molecule has 7 nitrogen and oxygen atoms in total. The molecule has 0 radical (unpaired) electrons. The number of nitrogens with zero attached hydrogens (tertiary/aromatic N) is 2. The summed E-state index contributed by atoms with van der Waals surface area (Å²) >= 11 is 0. The summed E-state index contributed by atoms with van der Waals surface area (Å²) in [7, 11) is -1.22. The van der Waals surface area contributed by atoms with Gasteiger partial charge in [-0.25, -0.2) is 18.4 Å². The van der Waals surface area contributed by atoms with Gasteiger partial charge >= 0.3 is 0 Å². The number of hydrogen-bond acceptors (Lipinski definition) is 7. The largest absolute Gasteiger partial charge is 0.374 e. The Bertz CT molecular complexity index is 505. The molecule has 0 aliphatic heterocycles. The lowest BCUT2D eigenvalue weighted by atomic mass is 10.4. The smallest absolute Gasteiger partial charge is 0.158 e. The molecule has 0 unspecified atom stereocenters. The van der Waals surface area contributed by atoms with Crippen molar-refractivity contribution in [1.29, 1.82) is 0 Å². The molecule has 1 heterocycles. The van der Waals surface area contributed by atoms with Crippen LogP contribution in [0.3, 0.4) is 0 Å². The summed E-state index contributed by atoms with van der Waals surface area (Å²) < 4.78 is 27.4. The third kappa shape index (κ3) is 6.35. The molecule has 1 rings (SSSR count). The summed E-state index contributed by atoms with van der Waals surface area (Å²) in [6.07, 6.45) is 1.20. The molecule has 1 aromatic heterocycles. The van der Waals surface area contributed by atoms with Crippen LogP contribution in [0, 0.1) is 0 Å². The van der Waals surface area contributed by atoms with Gasteiger partial charge in [0, 0.05) is 32.5 Å². The Morgan fingerprint density at radius 1 is 1.32 bits per heavy atom. The van der Waals surface area contributed by atoms with Crippen molar-refractivity contribution < 1.29 is 13.2 Å². The summed E-state index contributed by atoms with van der Waals surface area (Å²) in [4.78, 5) is 8.50. The third-order valence-electron chi connectivity index (χ3n) is 2.24. The van der Waals surface area contributed by atoms with Crippen molar-refractivity contribution in [3.8, 4) is 0 Å². The summed E-state index contributed by atoms with van der Waals surface area (Å²) in [5.74, 6) is 1.85. The topological polar surface area (TPSA) is 93.2 Å². The van der Waals surface area contributed by atoms with E-state index in [-0.39, 0.29) is 5.75 Å². The lowest BCUT2D eigenvalue weighted by Gasteiger charge is -2.09. The van der Waals surface area contributed by atoms with Crippen LogP contribution in [0.15, 0.2) is 6.07 Å². The van der Waals surface area contributed by atoms with Crippen LogP contribution < -0.4 is 10.6 Å². The van der Waals surface area contributed by atoms with Crippen LogP contribution >= 0.6 is 0 Å². The van der Waals surface area contributed by atoms with Crippen LogP contribution in [-0.2, 0) is 21.2 Å². The molecule has 19 heavy (non-hydrogen) atoms. The van der Waals surface area contributed by atoms with Crippen LogP contribution in [0.1, 0.15) is 12.7 Å². The third-order valence-corrected chi connectivity index (χ3v) is 3.19. The minimum atomic E-state index is -2.98. The SMILES string of the molecule is CCOCc1nc(NC)cc(NCCS(C)(=O)=O)n1. The van der Waals surface area contributed by atoms with Crippen molar-refractivity contribution >= 4 is 21.5 Å². The molecule has 0 spiro atoms. The van der Waals surface area contributed by atoms with Crippen molar-refractivity contribution in [3.63, 3.8) is 0 Å². The number of nitrogens with one attached hydrogen (secondary N) is 2. The molecule has 0 aliphatic carbocycles. The first kappa shape index (κ1) is 15.6. The van der Waals surface area contributed by atoms with Crippen molar-refractivity contribution in [1.82, 2.24) is 9.97 Å². The Labute approximate surface area is 113 Å². The highest BCUT2D eigenvalue weighted by Gasteiger charge is 2.06. The molecule has 2 N–H and O–H groups in total. The molecule has 8 heteroatoms. The van der Waals surface area contributed by atoms with E-state index >= 15 is 0 Å². The molecular formula is C11H20N4O3S. The number of rotatable bonds is 8. The zero-order chi connectivity index (χ0) is 14.3. The molecule has 0 amide bonds. The standard InChI is InChI=1S/C11H20N4O3S/c1-4-18-8-11-14-9(12-2)7-10(15-11)13-5-6-19(3,16)17/h7H,4-6,8H2,1-3H3,(H2,12,13,14,15). The number of sulfone groups is 1. The van der Waals surface area contributed by atoms with E-state index < -0.39 is 9.84 Å². The van der Waals surface area contributed by atoms with Crippen LogP contribution in [0.4, 0.5) is 11.6 Å². The minimum absolute atomic E-state index is 0.0622. The molecule has 0 fully saturated rings. The zero-order valence-electron chi connectivity index (χ0n) is 11.4. The maximum Gasteiger partial charge on any atom is 0.158 e. The lowest BCUT2D eigenvalue weighted by Crippen LogP contribution is -2.15. The van der Waals surface area contributed by atoms with Gasteiger partial charge in [-0.2, -0.15) is 0 Å². The monoisotopic (exact) mass is 288 g/mol. The van der Waals surface area contributed by atoms with E-state index in [1.54, 1.807) is 13.1 Å². The van der Waals surface area contributed by atoms with Crippen LogP contribution in [0.2, 0.25) is 0 Å². The normalized spacial score (nSPS) is 11.3. The number of ether oxygens (including phenoxy) is 1. The van der Waals surface area contributed by atoms with Gasteiger partial charge in [-0.1, -0.05) is 0 Å². The summed E-state index contributed by atoms with van der Waals surface area (Å²) in [5, 5.41) is 5.89. The molecule has 0 saturated carbocycles. The van der Waals surface area contributed by atoms with Gasteiger partial charge in [0.1, 0.15) is 28.1 Å². The van der Waals surface area contributed by atoms with Gasteiger partial charge in [0.2, 0.25) is 0 Å². The fourth-order valence-corrected chi connectivity index (χ4v) is 1.81. The summed E-state index contributed by atoms with van der Waals surface area (Å²) in [6.45, 7) is 3.12. The molecule has 0 bridgehead atoms. The Hall–Kier alpha value is -1.41. The molecular weight excluding hydrogens is 268 g/mol. The number of aromatic nitrogens is 2. The highest BCUT2D eigenvalue weighted by molar-refractivity contribution is 7.90. The van der Waals surface area contributed by atoms with E-state index in [4.69, 9.17) is 4.74 Å². The van der Waals surface area contributed by atoms with Gasteiger partial charge < -0.3 is 15.4 Å². The fourth-order valence-electron chi connectivity index (χ4n) is 1.34. The van der Waals surface area contributed by atoms with Crippen molar-refractivity contribution in [3.05, 3.63) is 11.9 Å². The lowest BCUT2D eigenvalue weighted by molar-refractivity contribution is 0.128. The second-order valence-corrected chi connectivity index (χ2v) is 6.26. The van der Waals surface area contributed by atoms with Gasteiger partial charge in [0.25, 0.3) is 0 Å². The molecule has 0 saturated heterocycles. The summed E-state index contributed by atoms with van der Waals surface area (Å²) in [5.41, 5.74) is 0. The molecule has 108 valence electrons. The maximum atomic E-state index is 11.0. The average molecular weight is 288 g/mol. The second kappa shape index (κ2) is 7.25. The summed E-state index contributed by atoms with van der Waals surface area (Å²) in [6, 6.07) is 1.72. The Morgan fingerprint density at radius 3 is 2.58 bits per heavy atom. The van der Waals surface area contributed by atoms with Crippen LogP contribution in [0.5, 0.6) is 0 Å². The first-order chi connectivity index (χ1) is 8.94. The van der Waals surface area contributed by atoms with E-state index in [2.05, 4.69) is 20.6 Å². The highest BCUT2D eigenvalue weighted by Crippen LogP contribution is 2.11. The quantitative estimate of drug-likeness (QED) is 0.720. The Kier molecular flexibility index (Phi) is 5.97. The van der Waals surface area contributed by atoms with Gasteiger partial charge in [-0.05, 0) is 6.92 Å². The molecule has 1 aromatic rings. The van der Waals surface area contributed by atoms with Crippen molar-refractivity contribution in [2.45, 2.75) is 13.5 Å². The molecule has 0 aliphatic rings. The van der Waals surface area contributed by atoms with E-state index in [0.717, 1.165) is 0 Å². The van der Waals surface area contributed by atoms with Crippen LogP contribution in [-0.4, -0.2) is 50.6 Å². The number of hydrogen-bond donors (Lipinski definition) is 2. The Balaban J connectivity index is 2.70. The minimum Gasteiger partial charge on any atom is -0.374 e. The number of anilines is 2. The van der Waals surface area contributed by atoms with Crippen molar-refractivity contribution in [2.75, 3.05) is 42.8 Å². The van der Waals surface area contributed by atoms with E-state index in [1.165, 1.54) is 6.26 Å². The van der Waals surface area contributed by atoms with E-state index in [9.17, 15) is 8.42 Å². The van der Waals surface area contributed by atoms with Gasteiger partial charge in [0.05, 0.1) is 5.75 Å². The first-order valence-corrected chi connectivity index (χ1v) is 8.05. The van der Waals surface area contributed by atoms with Crippen molar-refractivity contribution in [2.24, 2.45) is 0 Å². The maximum absolute atomic E-state index is 11.0. The van der Waals surface area contributed by atoms with Gasteiger partial charge in [-0.15, -0.1) is 0 Å². The zero-order valence-corrected chi connectivity index (χ0v) is 12.2. The van der Waals surface area contributed by atoms with Crippen LogP contribution in [0.25, 0.3) is 0 Å². The predicted molar refractivity (Wildman–Crippen MR) is 75.1 cm³/mol. The average Bonchev–Trinajstić information content (AvgIpc) is 2.34. The van der Waals surface area contributed by atoms with Gasteiger partial charge in [0.15, 0.2) is 5.82 Å². The molecule has 0 atom stereocenters. The Morgan fingerprint density at radius 2 is 2.00 bits per heavy atom. The highest BCUT2D eigenvalue weighted by atomic mass is 32.2. The second-order valence-electron chi connectivity index (χ2n) is 4.00. The predicted octanol–water partition coefficient (Wildman–Crippen LogP) is 0.511. The van der Waals surface area contributed by atoms with E-state index in [0.29, 0.717) is 37.2 Å². The fraction of sp³-hybridized carbons (Fsp3) is 0.636. The van der Waals surface area contributed by atoms with E-state index in [1.807, 2.05) is 6.92 Å². The van der Waals surface area contributed by atoms with Gasteiger partial charge in [-0.3, -0.25) is 0 Å².